The molecule has 0 heterocycles. The second-order valence-corrected chi connectivity index (χ2v) is 6.94. The van der Waals surface area contributed by atoms with Crippen LogP contribution >= 0.6 is 0 Å². The Balaban J connectivity index is 2.07. The van der Waals surface area contributed by atoms with Crippen LogP contribution in [0.25, 0.3) is 0 Å². The van der Waals surface area contributed by atoms with Gasteiger partial charge in [-0.15, -0.1) is 0 Å². The number of carbonyl (C=O) groups excluding carboxylic acids is 1. The van der Waals surface area contributed by atoms with E-state index in [0.717, 1.165) is 31.1 Å². The third-order valence-corrected chi connectivity index (χ3v) is 5.46. The van der Waals surface area contributed by atoms with Gasteiger partial charge in [0.25, 0.3) is 0 Å². The molecule has 3 rings (SSSR count). The van der Waals surface area contributed by atoms with Crippen LogP contribution in [0.3, 0.4) is 0 Å². The maximum Gasteiger partial charge on any atom is 0.146 e. The molecule has 0 amide bonds. The highest BCUT2D eigenvalue weighted by Crippen LogP contribution is 2.50. The lowest BCUT2D eigenvalue weighted by atomic mass is 9.58. The van der Waals surface area contributed by atoms with E-state index in [4.69, 9.17) is 0 Å². The molecule has 2 aliphatic rings. The van der Waals surface area contributed by atoms with Gasteiger partial charge in [-0.3, -0.25) is 4.79 Å². The average molecular weight is 268 g/mol. The third-order valence-electron chi connectivity index (χ3n) is 5.46. The zero-order valence-electron chi connectivity index (χ0n) is 12.8. The van der Waals surface area contributed by atoms with Crippen molar-refractivity contribution in [2.75, 3.05) is 0 Å². The number of rotatable bonds is 2. The molecule has 0 aromatic heterocycles. The summed E-state index contributed by atoms with van der Waals surface area (Å²) in [5, 5.41) is 0. The van der Waals surface area contributed by atoms with Crippen LogP contribution in [0, 0.1) is 5.92 Å². The molecule has 0 bridgehead atoms. The van der Waals surface area contributed by atoms with E-state index in [2.05, 4.69) is 45.0 Å². The lowest BCUT2D eigenvalue weighted by Gasteiger charge is -2.46. The second kappa shape index (κ2) is 4.87. The van der Waals surface area contributed by atoms with Crippen molar-refractivity contribution in [2.45, 2.75) is 57.8 Å². The summed E-state index contributed by atoms with van der Waals surface area (Å²) >= 11 is 0. The van der Waals surface area contributed by atoms with E-state index >= 15 is 0 Å². The van der Waals surface area contributed by atoms with Crippen molar-refractivity contribution in [1.29, 1.82) is 0 Å². The normalized spacial score (nSPS) is 28.6. The van der Waals surface area contributed by atoms with Gasteiger partial charge in [-0.05, 0) is 59.8 Å². The molecule has 2 aliphatic carbocycles. The van der Waals surface area contributed by atoms with E-state index in [1.807, 2.05) is 0 Å². The standard InChI is InChI=1S/C19H24O/c1-13(2)14-6-8-17-15(11-14)7-9-18-16(12-20)5-4-10-19(17,18)3/h5-6,8,11-13,18H,4,7,9-10H2,1-3H3/t18?,19-/m1/s1. The molecule has 0 saturated heterocycles. The highest BCUT2D eigenvalue weighted by Gasteiger charge is 2.43. The first-order chi connectivity index (χ1) is 9.56. The highest BCUT2D eigenvalue weighted by molar-refractivity contribution is 5.75. The number of hydrogen-bond acceptors (Lipinski definition) is 1. The Hall–Kier alpha value is -1.37. The SMILES string of the molecule is CC(C)c1ccc2c(c1)CCC1C(C=O)=CCC[C@]21C. The van der Waals surface area contributed by atoms with Gasteiger partial charge in [-0.1, -0.05) is 45.0 Å². The molecule has 1 unspecified atom stereocenters. The molecular formula is C19H24O. The molecule has 0 spiro atoms. The molecule has 1 heteroatoms. The molecule has 0 N–H and O–H groups in total. The summed E-state index contributed by atoms with van der Waals surface area (Å²) in [5.74, 6) is 1.01. The Morgan fingerprint density at radius 1 is 1.35 bits per heavy atom. The van der Waals surface area contributed by atoms with E-state index in [0.29, 0.717) is 11.8 Å². The quantitative estimate of drug-likeness (QED) is 0.719. The van der Waals surface area contributed by atoms with Crippen LogP contribution in [0.1, 0.15) is 62.6 Å². The second-order valence-electron chi connectivity index (χ2n) is 6.94. The molecule has 0 saturated carbocycles. The van der Waals surface area contributed by atoms with Crippen LogP contribution in [0.5, 0.6) is 0 Å². The van der Waals surface area contributed by atoms with E-state index in [-0.39, 0.29) is 5.41 Å². The molecule has 20 heavy (non-hydrogen) atoms. The van der Waals surface area contributed by atoms with Gasteiger partial charge >= 0.3 is 0 Å². The van der Waals surface area contributed by atoms with Gasteiger partial charge < -0.3 is 0 Å². The van der Waals surface area contributed by atoms with E-state index in [1.54, 1.807) is 0 Å². The van der Waals surface area contributed by atoms with Crippen molar-refractivity contribution < 1.29 is 4.79 Å². The van der Waals surface area contributed by atoms with Gasteiger partial charge in [0.05, 0.1) is 0 Å². The lowest BCUT2D eigenvalue weighted by Crippen LogP contribution is -2.40. The van der Waals surface area contributed by atoms with E-state index in [9.17, 15) is 4.79 Å². The summed E-state index contributed by atoms with van der Waals surface area (Å²) in [7, 11) is 0. The first-order valence-electron chi connectivity index (χ1n) is 7.85. The molecule has 0 fully saturated rings. The number of aryl methyl sites for hydroxylation is 1. The van der Waals surface area contributed by atoms with Gasteiger partial charge in [0.15, 0.2) is 0 Å². The van der Waals surface area contributed by atoms with Crippen LogP contribution in [0.15, 0.2) is 29.8 Å². The number of carbonyl (C=O) groups is 1. The largest absolute Gasteiger partial charge is 0.298 e. The maximum absolute atomic E-state index is 11.3. The minimum atomic E-state index is 0.161. The number of hydrogen-bond donors (Lipinski definition) is 0. The van der Waals surface area contributed by atoms with Crippen LogP contribution in [0.4, 0.5) is 0 Å². The van der Waals surface area contributed by atoms with Crippen molar-refractivity contribution >= 4 is 6.29 Å². The molecule has 106 valence electrons. The topological polar surface area (TPSA) is 17.1 Å². The van der Waals surface area contributed by atoms with Crippen molar-refractivity contribution in [3.8, 4) is 0 Å². The van der Waals surface area contributed by atoms with Crippen molar-refractivity contribution in [2.24, 2.45) is 5.92 Å². The van der Waals surface area contributed by atoms with Gasteiger partial charge in [0.2, 0.25) is 0 Å². The fraction of sp³-hybridized carbons (Fsp3) is 0.526. The van der Waals surface area contributed by atoms with E-state index in [1.165, 1.54) is 23.1 Å². The van der Waals surface area contributed by atoms with Crippen LogP contribution in [0.2, 0.25) is 0 Å². The Morgan fingerprint density at radius 3 is 2.85 bits per heavy atom. The highest BCUT2D eigenvalue weighted by atomic mass is 16.1. The lowest BCUT2D eigenvalue weighted by molar-refractivity contribution is -0.105. The van der Waals surface area contributed by atoms with Crippen molar-refractivity contribution in [3.05, 3.63) is 46.5 Å². The fourth-order valence-corrected chi connectivity index (χ4v) is 4.20. The minimum absolute atomic E-state index is 0.161. The van der Waals surface area contributed by atoms with Gasteiger partial charge in [0.1, 0.15) is 6.29 Å². The number of aldehydes is 1. The third kappa shape index (κ3) is 1.95. The molecule has 1 nitrogen and oxygen atoms in total. The Kier molecular flexibility index (Phi) is 3.32. The predicted octanol–water partition coefficient (Wildman–Crippen LogP) is 4.55. The zero-order valence-corrected chi connectivity index (χ0v) is 12.8. The molecular weight excluding hydrogens is 244 g/mol. The molecule has 0 radical (unpaired) electrons. The van der Waals surface area contributed by atoms with Crippen LogP contribution in [-0.2, 0) is 16.6 Å². The van der Waals surface area contributed by atoms with Crippen molar-refractivity contribution in [3.63, 3.8) is 0 Å². The zero-order chi connectivity index (χ0) is 14.3. The minimum Gasteiger partial charge on any atom is -0.298 e. The van der Waals surface area contributed by atoms with Crippen LogP contribution < -0.4 is 0 Å². The number of allylic oxidation sites excluding steroid dienone is 2. The fourth-order valence-electron chi connectivity index (χ4n) is 4.20. The molecule has 1 aromatic carbocycles. The molecule has 0 aliphatic heterocycles. The first kappa shape index (κ1) is 13.6. The Morgan fingerprint density at radius 2 is 2.15 bits per heavy atom. The summed E-state index contributed by atoms with van der Waals surface area (Å²) < 4.78 is 0. The summed E-state index contributed by atoms with van der Waals surface area (Å²) in [6.45, 7) is 6.87. The van der Waals surface area contributed by atoms with Gasteiger partial charge in [-0.2, -0.15) is 0 Å². The van der Waals surface area contributed by atoms with E-state index < -0.39 is 0 Å². The van der Waals surface area contributed by atoms with Gasteiger partial charge in [-0.25, -0.2) is 0 Å². The predicted molar refractivity (Wildman–Crippen MR) is 83.1 cm³/mol. The molecule has 1 aromatic rings. The summed E-state index contributed by atoms with van der Waals surface area (Å²) in [4.78, 5) is 11.3. The smallest absolute Gasteiger partial charge is 0.146 e. The summed E-state index contributed by atoms with van der Waals surface area (Å²) in [6, 6.07) is 7.03. The Labute approximate surface area is 122 Å². The average Bonchev–Trinajstić information content (AvgIpc) is 2.45. The Bertz CT molecular complexity index is 567. The monoisotopic (exact) mass is 268 g/mol. The summed E-state index contributed by atoms with van der Waals surface area (Å²) in [6.07, 6.45) is 7.69. The number of fused-ring (bicyclic) bond motifs is 3. The number of benzene rings is 1. The van der Waals surface area contributed by atoms with Crippen LogP contribution in [-0.4, -0.2) is 6.29 Å². The maximum atomic E-state index is 11.3. The van der Waals surface area contributed by atoms with Gasteiger partial charge in [0, 0.05) is 5.41 Å². The molecule has 2 atom stereocenters. The first-order valence-corrected chi connectivity index (χ1v) is 7.85. The van der Waals surface area contributed by atoms with Crippen molar-refractivity contribution in [1.82, 2.24) is 0 Å². The summed E-state index contributed by atoms with van der Waals surface area (Å²) in [5.41, 5.74) is 5.64.